The highest BCUT2D eigenvalue weighted by atomic mass is 16.1. The van der Waals surface area contributed by atoms with E-state index in [-0.39, 0.29) is 11.2 Å². The molecule has 0 bridgehead atoms. The minimum atomic E-state index is -0.253. The fourth-order valence-corrected chi connectivity index (χ4v) is 3.18. The molecule has 5 heteroatoms. The Morgan fingerprint density at radius 1 is 0.960 bits per heavy atom. The number of hydrogen-bond acceptors (Lipinski definition) is 3. The Morgan fingerprint density at radius 3 is 2.24 bits per heavy atom. The maximum absolute atomic E-state index is 13.0. The molecule has 0 amide bonds. The van der Waals surface area contributed by atoms with E-state index in [9.17, 15) is 9.59 Å². The second-order valence-electron chi connectivity index (χ2n) is 5.74. The molecule has 0 aliphatic heterocycles. The molecule has 25 heavy (non-hydrogen) atoms. The Labute approximate surface area is 143 Å². The third-order valence-corrected chi connectivity index (χ3v) is 4.27. The smallest absolute Gasteiger partial charge is 0.296 e. The zero-order chi connectivity index (χ0) is 17.4. The average molecular weight is 329 g/mol. The van der Waals surface area contributed by atoms with Crippen molar-refractivity contribution in [2.24, 2.45) is 0 Å². The molecule has 4 aromatic rings. The van der Waals surface area contributed by atoms with Crippen molar-refractivity contribution in [3.63, 3.8) is 0 Å². The molecule has 0 radical (unpaired) electrons. The number of aldehydes is 1. The number of fused-ring (bicyclic) bond motifs is 1. The number of benzene rings is 2. The summed E-state index contributed by atoms with van der Waals surface area (Å²) in [4.78, 5) is 28.7. The van der Waals surface area contributed by atoms with Crippen molar-refractivity contribution in [2.75, 3.05) is 0 Å². The minimum Gasteiger partial charge on any atom is -0.296 e. The molecule has 4 rings (SSSR count). The summed E-state index contributed by atoms with van der Waals surface area (Å²) in [5.41, 5.74) is 3.53. The molecule has 2 aromatic heterocycles. The molecule has 0 unspecified atom stereocenters. The summed E-state index contributed by atoms with van der Waals surface area (Å²) in [5, 5.41) is 0. The Morgan fingerprint density at radius 2 is 1.60 bits per heavy atom. The second kappa shape index (κ2) is 5.87. The summed E-state index contributed by atoms with van der Waals surface area (Å²) in [6, 6.07) is 19.1. The lowest BCUT2D eigenvalue weighted by molar-refractivity contribution is 0.111. The number of para-hydroxylation sites is 1. The lowest BCUT2D eigenvalue weighted by atomic mass is 10.1. The van der Waals surface area contributed by atoms with Crippen molar-refractivity contribution in [2.45, 2.75) is 6.92 Å². The SMILES string of the molecule is Cc1c(-c2ccccc2)n2c(C=O)cnc2c(=O)n1-c1ccccc1. The highest BCUT2D eigenvalue weighted by molar-refractivity contribution is 5.78. The predicted molar refractivity (Wildman–Crippen MR) is 96.3 cm³/mol. The van der Waals surface area contributed by atoms with Gasteiger partial charge in [-0.2, -0.15) is 0 Å². The molecule has 0 saturated carbocycles. The van der Waals surface area contributed by atoms with E-state index in [1.165, 1.54) is 6.20 Å². The van der Waals surface area contributed by atoms with Crippen LogP contribution in [-0.4, -0.2) is 20.2 Å². The Balaban J connectivity index is 2.21. The molecule has 2 heterocycles. The number of rotatable bonds is 3. The van der Waals surface area contributed by atoms with Crippen LogP contribution in [0.4, 0.5) is 0 Å². The van der Waals surface area contributed by atoms with E-state index in [4.69, 9.17) is 0 Å². The Bertz CT molecular complexity index is 1130. The summed E-state index contributed by atoms with van der Waals surface area (Å²) in [6.45, 7) is 1.88. The zero-order valence-electron chi connectivity index (χ0n) is 13.6. The van der Waals surface area contributed by atoms with Crippen LogP contribution in [0.15, 0.2) is 71.7 Å². The van der Waals surface area contributed by atoms with E-state index in [1.54, 1.807) is 8.97 Å². The first kappa shape index (κ1) is 15.1. The second-order valence-corrected chi connectivity index (χ2v) is 5.74. The van der Waals surface area contributed by atoms with Gasteiger partial charge >= 0.3 is 0 Å². The fourth-order valence-electron chi connectivity index (χ4n) is 3.18. The van der Waals surface area contributed by atoms with E-state index in [2.05, 4.69) is 4.98 Å². The van der Waals surface area contributed by atoms with Crippen LogP contribution in [0.5, 0.6) is 0 Å². The van der Waals surface area contributed by atoms with Crippen molar-refractivity contribution in [1.29, 1.82) is 0 Å². The normalized spacial score (nSPS) is 10.9. The topological polar surface area (TPSA) is 56.4 Å². The van der Waals surface area contributed by atoms with Gasteiger partial charge in [-0.25, -0.2) is 4.98 Å². The van der Waals surface area contributed by atoms with Gasteiger partial charge in [0.05, 0.1) is 11.9 Å². The van der Waals surface area contributed by atoms with E-state index in [1.807, 2.05) is 67.6 Å². The molecule has 0 fully saturated rings. The van der Waals surface area contributed by atoms with Gasteiger partial charge in [0.2, 0.25) is 5.65 Å². The van der Waals surface area contributed by atoms with E-state index < -0.39 is 0 Å². The fraction of sp³-hybridized carbons (Fsp3) is 0.0500. The zero-order valence-corrected chi connectivity index (χ0v) is 13.6. The largest absolute Gasteiger partial charge is 0.299 e. The number of carbonyl (C=O) groups is 1. The highest BCUT2D eigenvalue weighted by Gasteiger charge is 2.19. The highest BCUT2D eigenvalue weighted by Crippen LogP contribution is 2.25. The molecule has 0 atom stereocenters. The molecule has 0 N–H and O–H groups in total. The van der Waals surface area contributed by atoms with Crippen molar-refractivity contribution >= 4 is 11.9 Å². The summed E-state index contributed by atoms with van der Waals surface area (Å²) >= 11 is 0. The standard InChI is InChI=1S/C20H15N3O2/c1-14-18(15-8-4-2-5-9-15)23-17(13-24)12-21-19(23)20(25)22(14)16-10-6-3-7-11-16/h2-13H,1H3. The quantitative estimate of drug-likeness (QED) is 0.542. The number of carbonyl (C=O) groups excluding carboxylic acids is 1. The van der Waals surface area contributed by atoms with Crippen molar-refractivity contribution in [3.05, 3.63) is 88.6 Å². The first-order valence-electron chi connectivity index (χ1n) is 7.91. The van der Waals surface area contributed by atoms with Gasteiger partial charge in [-0.3, -0.25) is 18.6 Å². The van der Waals surface area contributed by atoms with Gasteiger partial charge in [-0.1, -0.05) is 48.5 Å². The van der Waals surface area contributed by atoms with Crippen LogP contribution in [0.3, 0.4) is 0 Å². The van der Waals surface area contributed by atoms with Gasteiger partial charge in [0, 0.05) is 16.9 Å². The van der Waals surface area contributed by atoms with Crippen molar-refractivity contribution < 1.29 is 4.79 Å². The van der Waals surface area contributed by atoms with Crippen LogP contribution < -0.4 is 5.56 Å². The molecular formula is C20H15N3O2. The first-order chi connectivity index (χ1) is 12.2. The summed E-state index contributed by atoms with van der Waals surface area (Å²) in [7, 11) is 0. The molecule has 0 aliphatic carbocycles. The van der Waals surface area contributed by atoms with Crippen LogP contribution in [0, 0.1) is 6.92 Å². The number of aromatic nitrogens is 3. The average Bonchev–Trinajstić information content (AvgIpc) is 3.08. The van der Waals surface area contributed by atoms with E-state index in [0.29, 0.717) is 5.69 Å². The third kappa shape index (κ3) is 2.29. The van der Waals surface area contributed by atoms with Gasteiger partial charge in [0.15, 0.2) is 6.29 Å². The minimum absolute atomic E-state index is 0.232. The molecule has 0 aliphatic rings. The van der Waals surface area contributed by atoms with E-state index >= 15 is 0 Å². The van der Waals surface area contributed by atoms with Crippen LogP contribution in [0.25, 0.3) is 22.6 Å². The summed E-state index contributed by atoms with van der Waals surface area (Å²) < 4.78 is 3.28. The van der Waals surface area contributed by atoms with Gasteiger partial charge in [-0.05, 0) is 19.1 Å². The molecule has 0 saturated heterocycles. The van der Waals surface area contributed by atoms with E-state index in [0.717, 1.165) is 28.9 Å². The van der Waals surface area contributed by atoms with Crippen LogP contribution in [0.2, 0.25) is 0 Å². The molecule has 0 spiro atoms. The van der Waals surface area contributed by atoms with Crippen LogP contribution in [-0.2, 0) is 0 Å². The van der Waals surface area contributed by atoms with Gasteiger partial charge in [0.25, 0.3) is 5.56 Å². The van der Waals surface area contributed by atoms with Gasteiger partial charge in [0.1, 0.15) is 5.69 Å². The summed E-state index contributed by atoms with van der Waals surface area (Å²) in [6.07, 6.45) is 2.16. The lowest BCUT2D eigenvalue weighted by Crippen LogP contribution is -2.25. The van der Waals surface area contributed by atoms with Crippen molar-refractivity contribution in [3.8, 4) is 16.9 Å². The summed E-state index contributed by atoms with van der Waals surface area (Å²) in [5.74, 6) is 0. The molecule has 5 nitrogen and oxygen atoms in total. The first-order valence-corrected chi connectivity index (χ1v) is 7.91. The molecular weight excluding hydrogens is 314 g/mol. The monoisotopic (exact) mass is 329 g/mol. The lowest BCUT2D eigenvalue weighted by Gasteiger charge is -2.17. The molecule has 122 valence electrons. The maximum Gasteiger partial charge on any atom is 0.299 e. The molecule has 2 aromatic carbocycles. The van der Waals surface area contributed by atoms with Gasteiger partial charge in [-0.15, -0.1) is 0 Å². The van der Waals surface area contributed by atoms with Crippen LogP contribution in [0.1, 0.15) is 16.2 Å². The van der Waals surface area contributed by atoms with Crippen LogP contribution >= 0.6 is 0 Å². The maximum atomic E-state index is 13.0. The van der Waals surface area contributed by atoms with Gasteiger partial charge < -0.3 is 0 Å². The Kier molecular flexibility index (Phi) is 3.54. The number of nitrogens with zero attached hydrogens (tertiary/aromatic N) is 3. The predicted octanol–water partition coefficient (Wildman–Crippen LogP) is 3.27. The number of hydrogen-bond donors (Lipinski definition) is 0. The van der Waals surface area contributed by atoms with Crippen molar-refractivity contribution in [1.82, 2.24) is 14.0 Å². The Hall–Kier alpha value is -3.47. The third-order valence-electron chi connectivity index (χ3n) is 4.27. The number of imidazole rings is 1.